The molecule has 1 amide bonds. The summed E-state index contributed by atoms with van der Waals surface area (Å²) in [6.45, 7) is 5.02. The van der Waals surface area contributed by atoms with Crippen molar-refractivity contribution in [3.8, 4) is 5.75 Å². The van der Waals surface area contributed by atoms with Gasteiger partial charge < -0.3 is 15.0 Å². The molecule has 25 heavy (non-hydrogen) atoms. The van der Waals surface area contributed by atoms with Crippen LogP contribution in [-0.4, -0.2) is 57.3 Å². The smallest absolute Gasteiger partial charge is 0.255 e. The fraction of sp³-hybridized carbons (Fsp3) is 0.611. The zero-order chi connectivity index (χ0) is 17.8. The molecule has 1 aromatic rings. The van der Waals surface area contributed by atoms with Crippen molar-refractivity contribution in [2.75, 3.05) is 25.9 Å². The zero-order valence-electron chi connectivity index (χ0n) is 14.6. The third-order valence-corrected chi connectivity index (χ3v) is 6.70. The van der Waals surface area contributed by atoms with E-state index < -0.39 is 9.84 Å². The molecule has 136 valence electrons. The van der Waals surface area contributed by atoms with E-state index in [1.807, 2.05) is 6.92 Å². The highest BCUT2D eigenvalue weighted by atomic mass is 32.2. The molecule has 7 heteroatoms. The van der Waals surface area contributed by atoms with Gasteiger partial charge in [0.05, 0.1) is 10.5 Å². The first-order chi connectivity index (χ1) is 11.8. The molecule has 1 aromatic carbocycles. The highest BCUT2D eigenvalue weighted by Crippen LogP contribution is 2.35. The molecule has 3 fully saturated rings. The molecule has 0 aromatic heterocycles. The number of benzene rings is 1. The van der Waals surface area contributed by atoms with Crippen LogP contribution in [0.2, 0.25) is 0 Å². The van der Waals surface area contributed by atoms with Crippen LogP contribution in [0.15, 0.2) is 17.0 Å². The number of nitrogens with zero attached hydrogens (tertiary/aromatic N) is 1. The van der Waals surface area contributed by atoms with E-state index in [9.17, 15) is 13.2 Å². The molecule has 5 rings (SSSR count). The van der Waals surface area contributed by atoms with E-state index in [2.05, 4.69) is 10.2 Å². The molecule has 6 nitrogen and oxygen atoms in total. The Bertz CT molecular complexity index is 813. The van der Waals surface area contributed by atoms with E-state index in [1.54, 1.807) is 6.07 Å². The van der Waals surface area contributed by atoms with Gasteiger partial charge in [0.15, 0.2) is 9.84 Å². The molecule has 4 heterocycles. The highest BCUT2D eigenvalue weighted by Gasteiger charge is 2.36. The van der Waals surface area contributed by atoms with E-state index in [1.165, 1.54) is 12.3 Å². The number of sulfone groups is 1. The van der Waals surface area contributed by atoms with Crippen LogP contribution in [0.5, 0.6) is 5.75 Å². The van der Waals surface area contributed by atoms with Gasteiger partial charge in [-0.1, -0.05) is 0 Å². The van der Waals surface area contributed by atoms with Crippen LogP contribution in [-0.2, 0) is 16.3 Å². The Kier molecular flexibility index (Phi) is 4.03. The van der Waals surface area contributed by atoms with Crippen molar-refractivity contribution in [3.05, 3.63) is 23.3 Å². The fourth-order valence-electron chi connectivity index (χ4n) is 4.26. The normalized spacial score (nSPS) is 30.6. The summed E-state index contributed by atoms with van der Waals surface area (Å²) < 4.78 is 29.8. The van der Waals surface area contributed by atoms with E-state index in [0.717, 1.165) is 38.0 Å². The molecule has 0 aliphatic carbocycles. The molecule has 2 bridgehead atoms. The number of carbonyl (C=O) groups excluding carboxylic acids is 1. The molecule has 0 spiro atoms. The largest absolute Gasteiger partial charge is 0.489 e. The lowest BCUT2D eigenvalue weighted by Gasteiger charge is -2.44. The van der Waals surface area contributed by atoms with Crippen molar-refractivity contribution in [2.45, 2.75) is 43.2 Å². The van der Waals surface area contributed by atoms with Gasteiger partial charge in [0.1, 0.15) is 11.9 Å². The lowest BCUT2D eigenvalue weighted by Crippen LogP contribution is -2.57. The average molecular weight is 364 g/mol. The predicted molar refractivity (Wildman–Crippen MR) is 93.8 cm³/mol. The summed E-state index contributed by atoms with van der Waals surface area (Å²) in [5.74, 6) is 0.827. The Morgan fingerprint density at radius 3 is 2.60 bits per heavy atom. The zero-order valence-corrected chi connectivity index (χ0v) is 15.4. The van der Waals surface area contributed by atoms with Crippen LogP contribution in [0.4, 0.5) is 0 Å². The van der Waals surface area contributed by atoms with Crippen LogP contribution in [0.3, 0.4) is 0 Å². The monoisotopic (exact) mass is 364 g/mol. The molecule has 3 saturated heterocycles. The Balaban J connectivity index is 1.65. The van der Waals surface area contributed by atoms with Crippen LogP contribution in [0.25, 0.3) is 0 Å². The predicted octanol–water partition coefficient (Wildman–Crippen LogP) is 1.24. The summed E-state index contributed by atoms with van der Waals surface area (Å²) in [5.41, 5.74) is 1.15. The van der Waals surface area contributed by atoms with E-state index >= 15 is 0 Å². The summed E-state index contributed by atoms with van der Waals surface area (Å²) in [7, 11) is -3.38. The van der Waals surface area contributed by atoms with Crippen molar-refractivity contribution >= 4 is 15.7 Å². The summed E-state index contributed by atoms with van der Waals surface area (Å²) in [4.78, 5) is 15.5. The van der Waals surface area contributed by atoms with Crippen molar-refractivity contribution in [1.82, 2.24) is 10.2 Å². The maximum Gasteiger partial charge on any atom is 0.255 e. The second-order valence-electron chi connectivity index (χ2n) is 7.58. The number of ether oxygens (including phenoxy) is 1. The number of fused-ring (bicyclic) bond motifs is 4. The van der Waals surface area contributed by atoms with Crippen LogP contribution in [0, 0.1) is 5.92 Å². The number of nitrogens with one attached hydrogen (secondary N) is 1. The molecular formula is C18H24N2O4S. The number of hydrogen-bond donors (Lipinski definition) is 1. The maximum atomic E-state index is 12.9. The first kappa shape index (κ1) is 16.8. The first-order valence-corrected chi connectivity index (χ1v) is 10.8. The molecule has 0 saturated carbocycles. The standard InChI is InChI=1S/C18H24N2O4S/c1-11-7-13-8-14(25(2,22)23)9-15(17(13)24-11)18(21)19-16-10-20-5-3-12(16)4-6-20/h8-9,11-12,16H,3-7,10H2,1-2H3,(H,19,21). The molecule has 1 N–H and O–H groups in total. The molecule has 4 aliphatic rings. The minimum Gasteiger partial charge on any atom is -0.489 e. The van der Waals surface area contributed by atoms with Gasteiger partial charge in [-0.05, 0) is 56.5 Å². The van der Waals surface area contributed by atoms with Crippen molar-refractivity contribution in [3.63, 3.8) is 0 Å². The maximum absolute atomic E-state index is 12.9. The van der Waals surface area contributed by atoms with Crippen molar-refractivity contribution in [2.24, 2.45) is 5.92 Å². The lowest BCUT2D eigenvalue weighted by atomic mass is 9.84. The summed E-state index contributed by atoms with van der Waals surface area (Å²) in [5, 5.41) is 3.13. The quantitative estimate of drug-likeness (QED) is 0.873. The van der Waals surface area contributed by atoms with E-state index in [0.29, 0.717) is 23.7 Å². The molecule has 4 aliphatic heterocycles. The van der Waals surface area contributed by atoms with Crippen molar-refractivity contribution in [1.29, 1.82) is 0 Å². The molecule has 0 radical (unpaired) electrons. The summed E-state index contributed by atoms with van der Waals surface area (Å²) in [6, 6.07) is 3.23. The molecule has 2 atom stereocenters. The first-order valence-electron chi connectivity index (χ1n) is 8.88. The number of rotatable bonds is 3. The minimum absolute atomic E-state index is 0.0480. The molecular weight excluding hydrogens is 340 g/mol. The highest BCUT2D eigenvalue weighted by molar-refractivity contribution is 7.90. The van der Waals surface area contributed by atoms with Crippen LogP contribution in [0.1, 0.15) is 35.7 Å². The second kappa shape index (κ2) is 5.99. The number of hydrogen-bond acceptors (Lipinski definition) is 5. The summed E-state index contributed by atoms with van der Waals surface area (Å²) >= 11 is 0. The van der Waals surface area contributed by atoms with Gasteiger partial charge in [-0.25, -0.2) is 8.42 Å². The van der Waals surface area contributed by atoms with E-state index in [4.69, 9.17) is 4.74 Å². The summed E-state index contributed by atoms with van der Waals surface area (Å²) in [6.07, 6.45) is 3.97. The topological polar surface area (TPSA) is 75.7 Å². The number of amides is 1. The Hall–Kier alpha value is -1.60. The van der Waals surface area contributed by atoms with Gasteiger partial charge in [0.25, 0.3) is 5.91 Å². The minimum atomic E-state index is -3.38. The SMILES string of the molecule is CC1Cc2cc(S(C)(=O)=O)cc(C(=O)NC3CN4CCC3CC4)c2O1. The van der Waals surface area contributed by atoms with Gasteiger partial charge in [-0.3, -0.25) is 4.79 Å². The Labute approximate surface area is 148 Å². The van der Waals surface area contributed by atoms with Gasteiger partial charge >= 0.3 is 0 Å². The van der Waals surface area contributed by atoms with Gasteiger partial charge in [0, 0.05) is 25.3 Å². The van der Waals surface area contributed by atoms with E-state index in [-0.39, 0.29) is 22.9 Å². The average Bonchev–Trinajstić information content (AvgIpc) is 2.94. The number of piperidine rings is 3. The Morgan fingerprint density at radius 1 is 1.28 bits per heavy atom. The van der Waals surface area contributed by atoms with Crippen molar-refractivity contribution < 1.29 is 17.9 Å². The number of carbonyl (C=O) groups is 1. The van der Waals surface area contributed by atoms with Gasteiger partial charge in [-0.2, -0.15) is 0 Å². The fourth-order valence-corrected chi connectivity index (χ4v) is 4.95. The van der Waals surface area contributed by atoms with Crippen LogP contribution < -0.4 is 10.1 Å². The molecule has 2 unspecified atom stereocenters. The Morgan fingerprint density at radius 2 is 2.00 bits per heavy atom. The lowest BCUT2D eigenvalue weighted by molar-refractivity contribution is 0.0618. The third-order valence-electron chi connectivity index (χ3n) is 5.61. The van der Waals surface area contributed by atoms with Gasteiger partial charge in [0.2, 0.25) is 0 Å². The van der Waals surface area contributed by atoms with Gasteiger partial charge in [-0.15, -0.1) is 0 Å². The third kappa shape index (κ3) is 3.15. The second-order valence-corrected chi connectivity index (χ2v) is 9.60. The van der Waals surface area contributed by atoms with Crippen LogP contribution >= 0.6 is 0 Å².